The number of nitrogens with zero attached hydrogens (tertiary/aromatic N) is 2. The molecule has 1 heterocycles. The van der Waals surface area contributed by atoms with Crippen LogP contribution in [0.4, 0.5) is 24.5 Å². The van der Waals surface area contributed by atoms with Crippen LogP contribution in [0.1, 0.15) is 23.7 Å². The zero-order valence-electron chi connectivity index (χ0n) is 12.6. The molecule has 1 aliphatic heterocycles. The van der Waals surface area contributed by atoms with Crippen molar-refractivity contribution in [1.82, 2.24) is 4.90 Å². The Morgan fingerprint density at radius 3 is 2.67 bits per heavy atom. The zero-order chi connectivity index (χ0) is 18.1. The van der Waals surface area contributed by atoms with Crippen molar-refractivity contribution in [1.29, 1.82) is 0 Å². The number of benzene rings is 1. The first-order valence-corrected chi connectivity index (χ1v) is 7.00. The maximum Gasteiger partial charge on any atom is 0.406 e. The molecule has 0 radical (unpaired) electrons. The highest BCUT2D eigenvalue weighted by Gasteiger charge is 2.39. The number of carbonyl (C=O) groups is 2. The average Bonchev–Trinajstić information content (AvgIpc) is 2.78. The summed E-state index contributed by atoms with van der Waals surface area (Å²) < 4.78 is 37.2. The van der Waals surface area contributed by atoms with E-state index >= 15 is 0 Å². The van der Waals surface area contributed by atoms with Crippen LogP contribution in [0, 0.1) is 10.1 Å². The Balaban J connectivity index is 2.18. The quantitative estimate of drug-likeness (QED) is 0.502. The van der Waals surface area contributed by atoms with Gasteiger partial charge in [-0.05, 0) is 25.5 Å². The summed E-state index contributed by atoms with van der Waals surface area (Å²) in [6.45, 7) is -0.188. The third-order valence-electron chi connectivity index (χ3n) is 3.60. The fourth-order valence-corrected chi connectivity index (χ4v) is 2.46. The molecule has 130 valence electrons. The van der Waals surface area contributed by atoms with Crippen molar-refractivity contribution in [3.63, 3.8) is 0 Å². The number of hydrogen-bond donors (Lipinski definition) is 1. The molecule has 1 aliphatic rings. The number of carbonyl (C=O) groups excluding carboxylic acids is 2. The molecule has 1 fully saturated rings. The van der Waals surface area contributed by atoms with Gasteiger partial charge in [0.15, 0.2) is 5.78 Å². The molecular weight excluding hydrogens is 331 g/mol. The molecule has 10 heteroatoms. The van der Waals surface area contributed by atoms with Gasteiger partial charge in [0, 0.05) is 18.2 Å². The van der Waals surface area contributed by atoms with E-state index in [9.17, 15) is 32.9 Å². The minimum atomic E-state index is -4.50. The first-order valence-electron chi connectivity index (χ1n) is 7.00. The average molecular weight is 345 g/mol. The molecule has 1 unspecified atom stereocenters. The van der Waals surface area contributed by atoms with Crippen LogP contribution in [0.2, 0.25) is 0 Å². The summed E-state index contributed by atoms with van der Waals surface area (Å²) in [4.78, 5) is 34.3. The van der Waals surface area contributed by atoms with Crippen LogP contribution in [0.5, 0.6) is 0 Å². The topological polar surface area (TPSA) is 92.6 Å². The molecule has 2 rings (SSSR count). The maximum absolute atomic E-state index is 12.4. The second-order valence-electron chi connectivity index (χ2n) is 5.41. The highest BCUT2D eigenvalue weighted by atomic mass is 19.4. The molecule has 7 nitrogen and oxygen atoms in total. The monoisotopic (exact) mass is 345 g/mol. The fourth-order valence-electron chi connectivity index (χ4n) is 2.46. The molecule has 0 aliphatic carbocycles. The number of nitro benzene ring substituents is 1. The van der Waals surface area contributed by atoms with Crippen molar-refractivity contribution in [3.05, 3.63) is 33.9 Å². The Morgan fingerprint density at radius 1 is 1.46 bits per heavy atom. The van der Waals surface area contributed by atoms with Gasteiger partial charge >= 0.3 is 6.18 Å². The summed E-state index contributed by atoms with van der Waals surface area (Å²) in [5.74, 6) is -1.13. The summed E-state index contributed by atoms with van der Waals surface area (Å²) >= 11 is 0. The van der Waals surface area contributed by atoms with Gasteiger partial charge in [-0.1, -0.05) is 0 Å². The van der Waals surface area contributed by atoms with Crippen molar-refractivity contribution < 1.29 is 27.7 Å². The van der Waals surface area contributed by atoms with E-state index in [-0.39, 0.29) is 30.0 Å². The molecule has 0 aromatic heterocycles. The number of Topliss-reactive ketones (excluding diaryl/α,β-unsaturated/α-hetero) is 1. The SMILES string of the molecule is CC(=O)c1ccc(NC2CCN(CC(F)(F)F)C2=O)c([N+](=O)[O-])c1. The number of nitrogens with one attached hydrogen (secondary N) is 1. The van der Waals surface area contributed by atoms with E-state index < -0.39 is 35.3 Å². The van der Waals surface area contributed by atoms with Crippen LogP contribution in [0.25, 0.3) is 0 Å². The number of amides is 1. The number of likely N-dealkylation sites (tertiary alicyclic amines) is 1. The molecular formula is C14H14F3N3O4. The summed E-state index contributed by atoms with van der Waals surface area (Å²) in [7, 11) is 0. The Morgan fingerprint density at radius 2 is 2.12 bits per heavy atom. The number of anilines is 1. The maximum atomic E-state index is 12.4. The van der Waals surface area contributed by atoms with Gasteiger partial charge in [-0.3, -0.25) is 19.7 Å². The lowest BCUT2D eigenvalue weighted by Crippen LogP contribution is -2.39. The van der Waals surface area contributed by atoms with Gasteiger partial charge in [-0.25, -0.2) is 0 Å². The largest absolute Gasteiger partial charge is 0.406 e. The molecule has 0 saturated carbocycles. The number of ketones is 1. The van der Waals surface area contributed by atoms with E-state index in [4.69, 9.17) is 0 Å². The Hall–Kier alpha value is -2.65. The van der Waals surface area contributed by atoms with Crippen LogP contribution in [0.3, 0.4) is 0 Å². The van der Waals surface area contributed by atoms with Crippen LogP contribution in [-0.2, 0) is 4.79 Å². The number of nitro groups is 1. The van der Waals surface area contributed by atoms with Crippen molar-refractivity contribution in [2.75, 3.05) is 18.4 Å². The third-order valence-corrected chi connectivity index (χ3v) is 3.60. The minimum absolute atomic E-state index is 0.0165. The second-order valence-corrected chi connectivity index (χ2v) is 5.41. The molecule has 1 aromatic rings. The first kappa shape index (κ1) is 17.7. The smallest absolute Gasteiger partial charge is 0.368 e. The predicted octanol–water partition coefficient (Wildman–Crippen LogP) is 2.37. The highest BCUT2D eigenvalue weighted by molar-refractivity contribution is 5.96. The lowest BCUT2D eigenvalue weighted by molar-refractivity contribution is -0.384. The van der Waals surface area contributed by atoms with Crippen LogP contribution >= 0.6 is 0 Å². The zero-order valence-corrected chi connectivity index (χ0v) is 12.6. The van der Waals surface area contributed by atoms with Crippen molar-refractivity contribution in [2.45, 2.75) is 25.6 Å². The Kier molecular flexibility index (Phi) is 4.76. The van der Waals surface area contributed by atoms with Gasteiger partial charge < -0.3 is 10.2 Å². The molecule has 1 N–H and O–H groups in total. The number of hydrogen-bond acceptors (Lipinski definition) is 5. The molecule has 1 saturated heterocycles. The van der Waals surface area contributed by atoms with Crippen LogP contribution < -0.4 is 5.32 Å². The second kappa shape index (κ2) is 6.46. The first-order chi connectivity index (χ1) is 11.1. The number of halogens is 3. The van der Waals surface area contributed by atoms with E-state index in [1.807, 2.05) is 0 Å². The molecule has 1 atom stereocenters. The van der Waals surface area contributed by atoms with Crippen LogP contribution in [-0.4, -0.2) is 46.8 Å². The lowest BCUT2D eigenvalue weighted by Gasteiger charge is -2.19. The van der Waals surface area contributed by atoms with E-state index in [0.29, 0.717) is 4.90 Å². The molecule has 1 amide bonds. The van der Waals surface area contributed by atoms with E-state index in [1.165, 1.54) is 19.1 Å². The van der Waals surface area contributed by atoms with E-state index in [0.717, 1.165) is 6.07 Å². The van der Waals surface area contributed by atoms with Gasteiger partial charge in [0.2, 0.25) is 5.91 Å². The van der Waals surface area contributed by atoms with Crippen LogP contribution in [0.15, 0.2) is 18.2 Å². The summed E-state index contributed by atoms with van der Waals surface area (Å²) in [5.41, 5.74) is -0.300. The van der Waals surface area contributed by atoms with Gasteiger partial charge in [0.1, 0.15) is 18.3 Å². The van der Waals surface area contributed by atoms with Crippen molar-refractivity contribution in [2.24, 2.45) is 0 Å². The van der Waals surface area contributed by atoms with Crippen molar-refractivity contribution in [3.8, 4) is 0 Å². The lowest BCUT2D eigenvalue weighted by atomic mass is 10.1. The molecule has 24 heavy (non-hydrogen) atoms. The standard InChI is InChI=1S/C14H14F3N3O4/c1-8(21)9-2-3-10(12(6-9)20(23)24)18-11-4-5-19(13(11)22)7-14(15,16)17/h2-3,6,11,18H,4-5,7H2,1H3. The summed E-state index contributed by atoms with van der Waals surface area (Å²) in [6.07, 6.45) is -4.40. The number of alkyl halides is 3. The van der Waals surface area contributed by atoms with Crippen molar-refractivity contribution >= 4 is 23.1 Å². The summed E-state index contributed by atoms with van der Waals surface area (Å²) in [6, 6.07) is 2.71. The van der Waals surface area contributed by atoms with Gasteiger partial charge in [-0.2, -0.15) is 13.2 Å². The van der Waals surface area contributed by atoms with Gasteiger partial charge in [0.05, 0.1) is 4.92 Å². The summed E-state index contributed by atoms with van der Waals surface area (Å²) in [5, 5.41) is 13.7. The normalized spacial score (nSPS) is 17.9. The highest BCUT2D eigenvalue weighted by Crippen LogP contribution is 2.29. The number of rotatable bonds is 5. The fraction of sp³-hybridized carbons (Fsp3) is 0.429. The predicted molar refractivity (Wildman–Crippen MR) is 77.8 cm³/mol. The molecule has 0 spiro atoms. The Labute approximate surface area is 134 Å². The Bertz CT molecular complexity index is 690. The third kappa shape index (κ3) is 4.00. The van der Waals surface area contributed by atoms with E-state index in [1.54, 1.807) is 0 Å². The van der Waals surface area contributed by atoms with Gasteiger partial charge in [0.25, 0.3) is 5.69 Å². The minimum Gasteiger partial charge on any atom is -0.368 e. The van der Waals surface area contributed by atoms with E-state index in [2.05, 4.69) is 5.32 Å². The molecule has 1 aromatic carbocycles. The van der Waals surface area contributed by atoms with Gasteiger partial charge in [-0.15, -0.1) is 0 Å². The molecule has 0 bridgehead atoms.